The van der Waals surface area contributed by atoms with E-state index in [4.69, 9.17) is 0 Å². The van der Waals surface area contributed by atoms with Crippen LogP contribution in [0.5, 0.6) is 5.75 Å². The lowest BCUT2D eigenvalue weighted by atomic mass is 9.77. The van der Waals surface area contributed by atoms with Gasteiger partial charge in [0.1, 0.15) is 5.75 Å². The molecule has 2 rings (SSSR count). The Morgan fingerprint density at radius 1 is 1.42 bits per heavy atom. The molecule has 0 spiro atoms. The highest BCUT2D eigenvalue weighted by Gasteiger charge is 2.33. The van der Waals surface area contributed by atoms with Crippen molar-refractivity contribution in [2.45, 2.75) is 39.7 Å². The summed E-state index contributed by atoms with van der Waals surface area (Å²) in [4.78, 5) is 14.0. The van der Waals surface area contributed by atoms with Crippen LogP contribution < -0.4 is 10.1 Å². The molecule has 5 nitrogen and oxygen atoms in total. The average Bonchev–Trinajstić information content (AvgIpc) is 2.57. The van der Waals surface area contributed by atoms with Crippen LogP contribution in [0.15, 0.2) is 18.2 Å². The van der Waals surface area contributed by atoms with Gasteiger partial charge in [-0.15, -0.1) is 0 Å². The molecule has 7 heteroatoms. The highest BCUT2D eigenvalue weighted by atomic mass is 19.3. The van der Waals surface area contributed by atoms with E-state index < -0.39 is 6.61 Å². The molecule has 1 heterocycles. The zero-order chi connectivity index (χ0) is 17.7. The molecule has 2 N–H and O–H groups in total. The van der Waals surface area contributed by atoms with Gasteiger partial charge in [0.15, 0.2) is 0 Å². The lowest BCUT2D eigenvalue weighted by Gasteiger charge is -2.40. The first-order valence-corrected chi connectivity index (χ1v) is 8.11. The minimum atomic E-state index is -2.91. The number of ether oxygens (including phenoxy) is 1. The van der Waals surface area contributed by atoms with Gasteiger partial charge in [0.25, 0.3) is 0 Å². The summed E-state index contributed by atoms with van der Waals surface area (Å²) in [5.74, 6) is 0.0479. The number of amides is 2. The minimum Gasteiger partial charge on any atom is -0.434 e. The third kappa shape index (κ3) is 4.35. The van der Waals surface area contributed by atoms with Crippen molar-refractivity contribution >= 4 is 11.7 Å². The quantitative estimate of drug-likeness (QED) is 0.859. The number of rotatable bonds is 5. The Bertz CT molecular complexity index is 567. The van der Waals surface area contributed by atoms with Crippen molar-refractivity contribution in [1.82, 2.24) is 4.90 Å². The van der Waals surface area contributed by atoms with Crippen LogP contribution in [0.2, 0.25) is 0 Å². The normalized spacial score (nSPS) is 17.0. The van der Waals surface area contributed by atoms with Crippen molar-refractivity contribution in [3.8, 4) is 5.75 Å². The van der Waals surface area contributed by atoms with E-state index in [0.29, 0.717) is 24.3 Å². The van der Waals surface area contributed by atoms with Crippen LogP contribution in [0.4, 0.5) is 19.3 Å². The number of carbonyl (C=O) groups excluding carboxylic acids is 1. The van der Waals surface area contributed by atoms with Gasteiger partial charge in [0.2, 0.25) is 0 Å². The summed E-state index contributed by atoms with van der Waals surface area (Å²) >= 11 is 0. The van der Waals surface area contributed by atoms with Gasteiger partial charge < -0.3 is 20.1 Å². The highest BCUT2D eigenvalue weighted by Crippen LogP contribution is 2.34. The first-order chi connectivity index (χ1) is 11.4. The van der Waals surface area contributed by atoms with Crippen LogP contribution in [0, 0.1) is 12.3 Å². The number of alkyl halides is 2. The summed E-state index contributed by atoms with van der Waals surface area (Å²) in [6.07, 6.45) is 2.38. The standard InChI is InChI=1S/C17H24F2N2O3/c1-3-17(11-22)6-8-21(9-7-17)16(23)20-13-5-4-12(2)14(10-13)24-15(18)19/h4-5,10,15,22H,3,6-9,11H2,1-2H3,(H,20,23). The van der Waals surface area contributed by atoms with Crippen molar-refractivity contribution in [2.24, 2.45) is 5.41 Å². The molecule has 0 aliphatic carbocycles. The van der Waals surface area contributed by atoms with E-state index in [0.717, 1.165) is 19.3 Å². The van der Waals surface area contributed by atoms with Gasteiger partial charge in [-0.05, 0) is 43.2 Å². The lowest BCUT2D eigenvalue weighted by Crippen LogP contribution is -2.46. The van der Waals surface area contributed by atoms with E-state index in [1.54, 1.807) is 24.0 Å². The molecule has 0 aromatic heterocycles. The minimum absolute atomic E-state index is 0.0479. The van der Waals surface area contributed by atoms with Crippen molar-refractivity contribution in [3.63, 3.8) is 0 Å². The molecule has 0 unspecified atom stereocenters. The molecule has 1 aliphatic heterocycles. The summed E-state index contributed by atoms with van der Waals surface area (Å²) in [5, 5.41) is 12.3. The number of hydrogen-bond acceptors (Lipinski definition) is 3. The molecule has 1 aromatic rings. The summed E-state index contributed by atoms with van der Waals surface area (Å²) in [5.41, 5.74) is 0.886. The number of likely N-dealkylation sites (tertiary alicyclic amines) is 1. The number of anilines is 1. The fourth-order valence-electron chi connectivity index (χ4n) is 2.91. The molecule has 0 atom stereocenters. The average molecular weight is 342 g/mol. The fraction of sp³-hybridized carbons (Fsp3) is 0.588. The van der Waals surface area contributed by atoms with E-state index in [1.807, 2.05) is 6.92 Å². The fourth-order valence-corrected chi connectivity index (χ4v) is 2.91. The molecule has 0 radical (unpaired) electrons. The number of piperidine rings is 1. The predicted molar refractivity (Wildman–Crippen MR) is 87.4 cm³/mol. The highest BCUT2D eigenvalue weighted by molar-refractivity contribution is 5.89. The Morgan fingerprint density at radius 3 is 2.62 bits per heavy atom. The SMILES string of the molecule is CCC1(CO)CCN(C(=O)Nc2ccc(C)c(OC(F)F)c2)CC1. The summed E-state index contributed by atoms with van der Waals surface area (Å²) in [6.45, 7) is 2.05. The largest absolute Gasteiger partial charge is 0.434 e. The maximum absolute atomic E-state index is 12.4. The van der Waals surface area contributed by atoms with Gasteiger partial charge in [0.05, 0.1) is 0 Å². The number of nitrogens with one attached hydrogen (secondary N) is 1. The summed E-state index contributed by atoms with van der Waals surface area (Å²) in [7, 11) is 0. The van der Waals surface area contributed by atoms with Crippen molar-refractivity contribution in [1.29, 1.82) is 0 Å². The van der Waals surface area contributed by atoms with E-state index in [9.17, 15) is 18.7 Å². The van der Waals surface area contributed by atoms with Gasteiger partial charge in [-0.25, -0.2) is 4.79 Å². The van der Waals surface area contributed by atoms with Crippen molar-refractivity contribution < 1.29 is 23.4 Å². The number of benzene rings is 1. The second-order valence-electron chi connectivity index (χ2n) is 6.29. The first-order valence-electron chi connectivity index (χ1n) is 8.11. The van der Waals surface area contributed by atoms with Gasteiger partial charge in [-0.1, -0.05) is 13.0 Å². The number of aliphatic hydroxyl groups excluding tert-OH is 1. The Morgan fingerprint density at radius 2 is 2.08 bits per heavy atom. The van der Waals surface area contributed by atoms with Crippen LogP contribution in [0.3, 0.4) is 0 Å². The molecule has 24 heavy (non-hydrogen) atoms. The lowest BCUT2D eigenvalue weighted by molar-refractivity contribution is -0.0502. The van der Waals surface area contributed by atoms with Gasteiger partial charge in [-0.3, -0.25) is 0 Å². The number of carbonyl (C=O) groups is 1. The Labute approximate surface area is 140 Å². The van der Waals surface area contributed by atoms with Crippen molar-refractivity contribution in [2.75, 3.05) is 25.0 Å². The Hall–Kier alpha value is -1.89. The molecular weight excluding hydrogens is 318 g/mol. The number of aryl methyl sites for hydroxylation is 1. The zero-order valence-electron chi connectivity index (χ0n) is 14.0. The molecule has 134 valence electrons. The smallest absolute Gasteiger partial charge is 0.387 e. The maximum atomic E-state index is 12.4. The van der Waals surface area contributed by atoms with Crippen LogP contribution in [0.1, 0.15) is 31.7 Å². The number of halogens is 2. The number of hydrogen-bond donors (Lipinski definition) is 2. The van der Waals surface area contributed by atoms with Crippen LogP contribution >= 0.6 is 0 Å². The third-order valence-corrected chi connectivity index (χ3v) is 4.85. The van der Waals surface area contributed by atoms with E-state index in [-0.39, 0.29) is 23.8 Å². The molecule has 1 saturated heterocycles. The van der Waals surface area contributed by atoms with Crippen molar-refractivity contribution in [3.05, 3.63) is 23.8 Å². The molecule has 2 amide bonds. The molecular formula is C17H24F2N2O3. The van der Waals surface area contributed by atoms with E-state index in [1.165, 1.54) is 6.07 Å². The van der Waals surface area contributed by atoms with Crippen LogP contribution in [-0.2, 0) is 0 Å². The topological polar surface area (TPSA) is 61.8 Å². The number of nitrogens with zero attached hydrogens (tertiary/aromatic N) is 1. The van der Waals surface area contributed by atoms with Crippen LogP contribution in [0.25, 0.3) is 0 Å². The third-order valence-electron chi connectivity index (χ3n) is 4.85. The monoisotopic (exact) mass is 342 g/mol. The summed E-state index contributed by atoms with van der Waals surface area (Å²) in [6, 6.07) is 4.40. The number of urea groups is 1. The Balaban J connectivity index is 1.98. The first kappa shape index (κ1) is 18.4. The second-order valence-corrected chi connectivity index (χ2v) is 6.29. The maximum Gasteiger partial charge on any atom is 0.387 e. The second kappa shape index (κ2) is 7.79. The molecule has 1 aliphatic rings. The van der Waals surface area contributed by atoms with Gasteiger partial charge in [-0.2, -0.15) is 8.78 Å². The van der Waals surface area contributed by atoms with E-state index in [2.05, 4.69) is 10.1 Å². The molecule has 1 fully saturated rings. The summed E-state index contributed by atoms with van der Waals surface area (Å²) < 4.78 is 29.2. The van der Waals surface area contributed by atoms with Gasteiger partial charge >= 0.3 is 12.6 Å². The van der Waals surface area contributed by atoms with E-state index >= 15 is 0 Å². The molecule has 0 bridgehead atoms. The Kier molecular flexibility index (Phi) is 5.99. The predicted octanol–water partition coefficient (Wildman–Crippen LogP) is 3.61. The molecule has 0 saturated carbocycles. The van der Waals surface area contributed by atoms with Gasteiger partial charge in [0, 0.05) is 31.5 Å². The zero-order valence-corrected chi connectivity index (χ0v) is 14.0. The number of aliphatic hydroxyl groups is 1. The van der Waals surface area contributed by atoms with Crippen LogP contribution in [-0.4, -0.2) is 42.3 Å². The molecule has 1 aromatic carbocycles.